The zero-order valence-corrected chi connectivity index (χ0v) is 17.4. The van der Waals surface area contributed by atoms with E-state index in [0.717, 1.165) is 60.4 Å². The Labute approximate surface area is 179 Å². The summed E-state index contributed by atoms with van der Waals surface area (Å²) in [5, 5.41) is 11.4. The van der Waals surface area contributed by atoms with Crippen LogP contribution in [0.25, 0.3) is 16.7 Å². The van der Waals surface area contributed by atoms with E-state index in [1.54, 1.807) is 7.11 Å². The molecule has 1 aromatic carbocycles. The molecule has 0 spiro atoms. The van der Waals surface area contributed by atoms with E-state index in [0.29, 0.717) is 18.4 Å². The normalized spacial score (nSPS) is 16.9. The van der Waals surface area contributed by atoms with Crippen LogP contribution in [0.15, 0.2) is 24.4 Å². The van der Waals surface area contributed by atoms with Crippen LogP contribution >= 0.6 is 0 Å². The first-order chi connectivity index (χ1) is 15.3. The van der Waals surface area contributed by atoms with E-state index < -0.39 is 0 Å². The van der Waals surface area contributed by atoms with E-state index in [4.69, 9.17) is 19.7 Å². The first kappa shape index (κ1) is 18.4. The van der Waals surface area contributed by atoms with Crippen molar-refractivity contribution >= 4 is 28.6 Å². The van der Waals surface area contributed by atoms with Crippen LogP contribution < -0.4 is 20.3 Å². The number of hydrogen-bond donors (Lipinski definition) is 3. The van der Waals surface area contributed by atoms with Gasteiger partial charge < -0.3 is 25.3 Å². The molecule has 4 aromatic rings. The molecule has 0 amide bonds. The first-order valence-corrected chi connectivity index (χ1v) is 10.8. The number of para-hydroxylation sites is 1. The Morgan fingerprint density at radius 1 is 1.16 bits per heavy atom. The number of piperazine rings is 1. The van der Waals surface area contributed by atoms with Gasteiger partial charge in [-0.2, -0.15) is 19.6 Å². The van der Waals surface area contributed by atoms with Crippen molar-refractivity contribution in [2.45, 2.75) is 25.3 Å². The average molecular weight is 419 g/mol. The van der Waals surface area contributed by atoms with Gasteiger partial charge in [0.05, 0.1) is 25.4 Å². The SMILES string of the molecule is COc1cccc2[nH]c(CNc3nc(N4CCNCC4)nc4c(C5CC5)cnn34)nc12. The first-order valence-electron chi connectivity index (χ1n) is 10.8. The van der Waals surface area contributed by atoms with Crippen LogP contribution in [0.3, 0.4) is 0 Å². The molecule has 3 aromatic heterocycles. The van der Waals surface area contributed by atoms with Crippen LogP contribution in [0.4, 0.5) is 11.9 Å². The number of hydrogen-bond acceptors (Lipinski definition) is 8. The fourth-order valence-corrected chi connectivity index (χ4v) is 4.15. The minimum Gasteiger partial charge on any atom is -0.494 e. The summed E-state index contributed by atoms with van der Waals surface area (Å²) in [5.74, 6) is 3.57. The molecular formula is C21H25N9O. The molecule has 10 heteroatoms. The summed E-state index contributed by atoms with van der Waals surface area (Å²) in [7, 11) is 1.66. The van der Waals surface area contributed by atoms with Crippen LogP contribution in [-0.2, 0) is 6.54 Å². The molecule has 1 saturated carbocycles. The van der Waals surface area contributed by atoms with Crippen LogP contribution in [0.5, 0.6) is 5.75 Å². The van der Waals surface area contributed by atoms with Gasteiger partial charge in [0.2, 0.25) is 11.9 Å². The topological polar surface area (TPSA) is 108 Å². The average Bonchev–Trinajstić information content (AvgIpc) is 3.42. The summed E-state index contributed by atoms with van der Waals surface area (Å²) in [6, 6.07) is 5.86. The molecule has 31 heavy (non-hydrogen) atoms. The third kappa shape index (κ3) is 3.32. The fraction of sp³-hybridized carbons (Fsp3) is 0.429. The maximum Gasteiger partial charge on any atom is 0.230 e. The summed E-state index contributed by atoms with van der Waals surface area (Å²) in [4.78, 5) is 20.0. The quantitative estimate of drug-likeness (QED) is 0.435. The predicted octanol–water partition coefficient (Wildman–Crippen LogP) is 1.91. The van der Waals surface area contributed by atoms with E-state index in [2.05, 4.69) is 25.6 Å². The van der Waals surface area contributed by atoms with Gasteiger partial charge in [-0.05, 0) is 30.9 Å². The van der Waals surface area contributed by atoms with Crippen molar-refractivity contribution in [3.63, 3.8) is 0 Å². The standard InChI is InChI=1S/C21H25N9O/c1-31-16-4-2-3-15-18(16)26-17(25-15)12-23-20-28-21(29-9-7-22-8-10-29)27-19-14(13-5-6-13)11-24-30(19)20/h2-4,11,13,22H,5-10,12H2,1H3,(H,25,26)(H,23,27,28). The molecular weight excluding hydrogens is 394 g/mol. The molecule has 10 nitrogen and oxygen atoms in total. The largest absolute Gasteiger partial charge is 0.494 e. The van der Waals surface area contributed by atoms with Gasteiger partial charge in [0, 0.05) is 31.7 Å². The second-order valence-electron chi connectivity index (χ2n) is 8.09. The summed E-state index contributed by atoms with van der Waals surface area (Å²) in [6.45, 7) is 4.15. The highest BCUT2D eigenvalue weighted by atomic mass is 16.5. The Kier molecular flexibility index (Phi) is 4.37. The van der Waals surface area contributed by atoms with E-state index in [-0.39, 0.29) is 0 Å². The second kappa shape index (κ2) is 7.38. The zero-order valence-electron chi connectivity index (χ0n) is 17.4. The number of methoxy groups -OCH3 is 1. The van der Waals surface area contributed by atoms with Gasteiger partial charge >= 0.3 is 0 Å². The van der Waals surface area contributed by atoms with Crippen LogP contribution in [0.1, 0.15) is 30.1 Å². The number of nitrogens with one attached hydrogen (secondary N) is 3. The molecule has 3 N–H and O–H groups in total. The lowest BCUT2D eigenvalue weighted by molar-refractivity contribution is 0.419. The Hall–Kier alpha value is -3.40. The summed E-state index contributed by atoms with van der Waals surface area (Å²) in [6.07, 6.45) is 4.36. The van der Waals surface area contributed by atoms with Crippen molar-refractivity contribution < 1.29 is 4.74 Å². The van der Waals surface area contributed by atoms with Gasteiger partial charge in [-0.3, -0.25) is 0 Å². The number of nitrogens with zero attached hydrogens (tertiary/aromatic N) is 6. The monoisotopic (exact) mass is 419 g/mol. The van der Waals surface area contributed by atoms with Gasteiger partial charge in [0.15, 0.2) is 5.65 Å². The molecule has 1 aliphatic carbocycles. The Morgan fingerprint density at radius 3 is 2.84 bits per heavy atom. The van der Waals surface area contributed by atoms with E-state index in [1.807, 2.05) is 28.9 Å². The van der Waals surface area contributed by atoms with Crippen LogP contribution in [0.2, 0.25) is 0 Å². The molecule has 6 rings (SSSR count). The maximum absolute atomic E-state index is 5.43. The predicted molar refractivity (Wildman–Crippen MR) is 118 cm³/mol. The van der Waals surface area contributed by atoms with Gasteiger partial charge in [0.25, 0.3) is 0 Å². The number of aromatic amines is 1. The lowest BCUT2D eigenvalue weighted by Crippen LogP contribution is -2.44. The molecule has 1 aliphatic heterocycles. The minimum atomic E-state index is 0.490. The van der Waals surface area contributed by atoms with E-state index in [1.165, 1.54) is 18.4 Å². The molecule has 1 saturated heterocycles. The lowest BCUT2D eigenvalue weighted by atomic mass is 10.2. The lowest BCUT2D eigenvalue weighted by Gasteiger charge is -2.27. The number of H-pyrrole nitrogens is 1. The van der Waals surface area contributed by atoms with E-state index in [9.17, 15) is 0 Å². The molecule has 4 heterocycles. The zero-order chi connectivity index (χ0) is 20.8. The number of rotatable bonds is 6. The molecule has 0 radical (unpaired) electrons. The summed E-state index contributed by atoms with van der Waals surface area (Å²) >= 11 is 0. The number of benzene rings is 1. The van der Waals surface area contributed by atoms with Gasteiger partial charge in [-0.15, -0.1) is 0 Å². The van der Waals surface area contributed by atoms with Crippen LogP contribution in [0, 0.1) is 0 Å². The van der Waals surface area contributed by atoms with Crippen molar-refractivity contribution in [3.8, 4) is 5.75 Å². The van der Waals surface area contributed by atoms with Crippen molar-refractivity contribution in [1.82, 2.24) is 34.9 Å². The molecule has 160 valence electrons. The molecule has 0 bridgehead atoms. The van der Waals surface area contributed by atoms with Crippen molar-refractivity contribution in [3.05, 3.63) is 35.8 Å². The second-order valence-corrected chi connectivity index (χ2v) is 8.09. The van der Waals surface area contributed by atoms with Crippen molar-refractivity contribution in [1.29, 1.82) is 0 Å². The molecule has 2 aliphatic rings. The van der Waals surface area contributed by atoms with Gasteiger partial charge in [-0.1, -0.05) is 6.07 Å². The third-order valence-electron chi connectivity index (χ3n) is 5.96. The van der Waals surface area contributed by atoms with Crippen LogP contribution in [-0.4, -0.2) is 62.8 Å². The highest BCUT2D eigenvalue weighted by Crippen LogP contribution is 2.42. The number of imidazole rings is 1. The maximum atomic E-state index is 5.43. The number of aromatic nitrogens is 6. The number of fused-ring (bicyclic) bond motifs is 2. The highest BCUT2D eigenvalue weighted by molar-refractivity contribution is 5.81. The smallest absolute Gasteiger partial charge is 0.230 e. The third-order valence-corrected chi connectivity index (χ3v) is 5.96. The number of anilines is 2. The summed E-state index contributed by atoms with van der Waals surface area (Å²) in [5.41, 5.74) is 3.89. The van der Waals surface area contributed by atoms with Crippen molar-refractivity contribution in [2.24, 2.45) is 0 Å². The summed E-state index contributed by atoms with van der Waals surface area (Å²) < 4.78 is 7.25. The molecule has 2 fully saturated rings. The van der Waals surface area contributed by atoms with Gasteiger partial charge in [-0.25, -0.2) is 4.98 Å². The minimum absolute atomic E-state index is 0.490. The highest BCUT2D eigenvalue weighted by Gasteiger charge is 2.29. The van der Waals surface area contributed by atoms with E-state index >= 15 is 0 Å². The fourth-order valence-electron chi connectivity index (χ4n) is 4.15. The Bertz CT molecular complexity index is 1240. The van der Waals surface area contributed by atoms with Crippen molar-refractivity contribution in [2.75, 3.05) is 43.5 Å². The Morgan fingerprint density at radius 2 is 2.03 bits per heavy atom. The number of ether oxygens (including phenoxy) is 1. The Balaban J connectivity index is 1.34. The molecule has 0 atom stereocenters. The van der Waals surface area contributed by atoms with Gasteiger partial charge in [0.1, 0.15) is 17.1 Å². The molecule has 0 unspecified atom stereocenters.